The summed E-state index contributed by atoms with van der Waals surface area (Å²) in [6.07, 6.45) is 4.27. The van der Waals surface area contributed by atoms with Crippen molar-refractivity contribution >= 4 is 27.7 Å². The molecule has 0 radical (unpaired) electrons. The maximum absolute atomic E-state index is 12.3. The lowest BCUT2D eigenvalue weighted by Gasteiger charge is -2.22. The molecule has 1 unspecified atom stereocenters. The van der Waals surface area contributed by atoms with E-state index in [1.807, 2.05) is 6.92 Å². The quantitative estimate of drug-likeness (QED) is 0.220. The van der Waals surface area contributed by atoms with Gasteiger partial charge in [0.15, 0.2) is 5.78 Å². The fraction of sp³-hybridized carbons (Fsp3) is 0.462. The van der Waals surface area contributed by atoms with Crippen LogP contribution in [0.3, 0.4) is 0 Å². The zero-order valence-corrected chi connectivity index (χ0v) is 21.2. The van der Waals surface area contributed by atoms with Crippen LogP contribution in [0.4, 0.5) is 0 Å². The lowest BCUT2D eigenvalue weighted by Crippen LogP contribution is -2.25. The third-order valence-electron chi connectivity index (χ3n) is 5.47. The average molecular weight is 535 g/mol. The summed E-state index contributed by atoms with van der Waals surface area (Å²) in [5.41, 5.74) is 1.39. The van der Waals surface area contributed by atoms with E-state index >= 15 is 0 Å². The summed E-state index contributed by atoms with van der Waals surface area (Å²) in [7, 11) is 0. The largest absolute Gasteiger partial charge is 0.507 e. The molecule has 3 rings (SSSR count). The van der Waals surface area contributed by atoms with Gasteiger partial charge in [-0.1, -0.05) is 13.3 Å². The number of phenols is 1. The van der Waals surface area contributed by atoms with Crippen LogP contribution >= 0.6 is 15.9 Å². The molecule has 0 aromatic heterocycles. The molecule has 7 nitrogen and oxygen atoms in total. The van der Waals surface area contributed by atoms with E-state index in [0.717, 1.165) is 25.7 Å². The SMILES string of the molecule is CCCc1c(OCCCOc2ccc(C(=O)OC3CCCCO3)cc2Br)ccc(C(C)=O)c1O. The number of hydrogen-bond donors (Lipinski definition) is 1. The minimum Gasteiger partial charge on any atom is -0.507 e. The van der Waals surface area contributed by atoms with E-state index in [2.05, 4.69) is 15.9 Å². The van der Waals surface area contributed by atoms with Gasteiger partial charge in [-0.2, -0.15) is 0 Å². The van der Waals surface area contributed by atoms with Crippen LogP contribution in [-0.4, -0.2) is 43.0 Å². The van der Waals surface area contributed by atoms with E-state index in [1.54, 1.807) is 30.3 Å². The number of carbonyl (C=O) groups is 2. The molecule has 1 fully saturated rings. The predicted molar refractivity (Wildman–Crippen MR) is 131 cm³/mol. The number of phenolic OH excluding ortho intramolecular Hbond substituents is 1. The van der Waals surface area contributed by atoms with Crippen molar-refractivity contribution in [3.63, 3.8) is 0 Å². The van der Waals surface area contributed by atoms with E-state index in [-0.39, 0.29) is 11.5 Å². The van der Waals surface area contributed by atoms with Crippen molar-refractivity contribution < 1.29 is 33.6 Å². The van der Waals surface area contributed by atoms with Crippen molar-refractivity contribution in [1.29, 1.82) is 0 Å². The molecule has 0 aliphatic carbocycles. The summed E-state index contributed by atoms with van der Waals surface area (Å²) < 4.78 is 23.2. The highest BCUT2D eigenvalue weighted by Crippen LogP contribution is 2.33. The van der Waals surface area contributed by atoms with E-state index in [9.17, 15) is 14.7 Å². The summed E-state index contributed by atoms with van der Waals surface area (Å²) in [4.78, 5) is 24.0. The Morgan fingerprint density at radius 3 is 2.50 bits per heavy atom. The molecule has 1 saturated heterocycles. The first-order valence-corrected chi connectivity index (χ1v) is 12.4. The Hall–Kier alpha value is -2.58. The van der Waals surface area contributed by atoms with Crippen LogP contribution < -0.4 is 9.47 Å². The average Bonchev–Trinajstić information content (AvgIpc) is 2.82. The van der Waals surface area contributed by atoms with Gasteiger partial charge < -0.3 is 24.1 Å². The summed E-state index contributed by atoms with van der Waals surface area (Å²) in [6, 6.07) is 8.38. The van der Waals surface area contributed by atoms with Crippen LogP contribution in [0.25, 0.3) is 0 Å². The van der Waals surface area contributed by atoms with E-state index in [4.69, 9.17) is 18.9 Å². The molecule has 184 valence electrons. The molecule has 0 amide bonds. The molecule has 1 atom stereocenters. The Labute approximate surface area is 208 Å². The zero-order chi connectivity index (χ0) is 24.5. The number of hydrogen-bond acceptors (Lipinski definition) is 7. The van der Waals surface area contributed by atoms with Gasteiger partial charge in [0.25, 0.3) is 0 Å². The predicted octanol–water partition coefficient (Wildman–Crippen LogP) is 5.84. The molecule has 8 heteroatoms. The second-order valence-corrected chi connectivity index (χ2v) is 9.00. The number of rotatable bonds is 11. The van der Waals surface area contributed by atoms with Crippen LogP contribution in [0.1, 0.15) is 72.2 Å². The van der Waals surface area contributed by atoms with Crippen LogP contribution in [0.2, 0.25) is 0 Å². The highest BCUT2D eigenvalue weighted by atomic mass is 79.9. The smallest absolute Gasteiger partial charge is 0.340 e. The number of carbonyl (C=O) groups excluding carboxylic acids is 2. The molecule has 1 aliphatic heterocycles. The maximum Gasteiger partial charge on any atom is 0.340 e. The number of esters is 1. The van der Waals surface area contributed by atoms with E-state index < -0.39 is 12.3 Å². The molecule has 1 N–H and O–H groups in total. The molecule has 2 aromatic carbocycles. The lowest BCUT2D eigenvalue weighted by atomic mass is 10.0. The second-order valence-electron chi connectivity index (χ2n) is 8.14. The Morgan fingerprint density at radius 1 is 1.12 bits per heavy atom. The molecule has 0 saturated carbocycles. The van der Waals surface area contributed by atoms with Gasteiger partial charge in [0.1, 0.15) is 17.2 Å². The standard InChI is InChI=1S/C26H31BrO7/c1-3-7-20-22(12-10-19(17(2)28)25(20)29)31-14-6-15-32-23-11-9-18(16-21(23)27)26(30)34-24-8-4-5-13-33-24/h9-12,16,24,29H,3-8,13-15H2,1-2H3. The van der Waals surface area contributed by atoms with Gasteiger partial charge in [0.2, 0.25) is 6.29 Å². The van der Waals surface area contributed by atoms with Gasteiger partial charge in [-0.15, -0.1) is 0 Å². The Kier molecular flexibility index (Phi) is 9.77. The fourth-order valence-corrected chi connectivity index (χ4v) is 4.18. The summed E-state index contributed by atoms with van der Waals surface area (Å²) >= 11 is 3.45. The van der Waals surface area contributed by atoms with E-state index in [1.165, 1.54) is 6.92 Å². The van der Waals surface area contributed by atoms with Crippen LogP contribution in [0, 0.1) is 0 Å². The first kappa shape index (κ1) is 26.0. The van der Waals surface area contributed by atoms with Crippen molar-refractivity contribution in [2.45, 2.75) is 58.7 Å². The maximum atomic E-state index is 12.3. The number of halogens is 1. The number of ketones is 1. The van der Waals surface area contributed by atoms with Gasteiger partial charge in [0.05, 0.1) is 35.4 Å². The third-order valence-corrected chi connectivity index (χ3v) is 6.09. The van der Waals surface area contributed by atoms with Gasteiger partial charge >= 0.3 is 5.97 Å². The molecule has 2 aromatic rings. The number of benzene rings is 2. The Morgan fingerprint density at radius 2 is 1.85 bits per heavy atom. The molecule has 0 spiro atoms. The van der Waals surface area contributed by atoms with E-state index in [0.29, 0.717) is 65.3 Å². The Balaban J connectivity index is 1.49. The monoisotopic (exact) mass is 534 g/mol. The van der Waals surface area contributed by atoms with Crippen LogP contribution in [-0.2, 0) is 15.9 Å². The van der Waals surface area contributed by atoms with Crippen molar-refractivity contribution in [2.75, 3.05) is 19.8 Å². The second kappa shape index (κ2) is 12.8. The highest BCUT2D eigenvalue weighted by molar-refractivity contribution is 9.10. The van der Waals surface area contributed by atoms with Gasteiger partial charge in [-0.05, 0) is 72.4 Å². The molecular formula is C26H31BrO7. The third kappa shape index (κ3) is 6.96. The molecular weight excluding hydrogens is 504 g/mol. The highest BCUT2D eigenvalue weighted by Gasteiger charge is 2.20. The van der Waals surface area contributed by atoms with Crippen molar-refractivity contribution in [3.8, 4) is 17.2 Å². The van der Waals surface area contributed by atoms with Gasteiger partial charge in [-0.3, -0.25) is 4.79 Å². The van der Waals surface area contributed by atoms with Gasteiger partial charge in [0, 0.05) is 18.4 Å². The molecule has 34 heavy (non-hydrogen) atoms. The Bertz CT molecular complexity index is 999. The number of Topliss-reactive ketones (excluding diaryl/α,β-unsaturated/α-hetero) is 1. The van der Waals surface area contributed by atoms with Crippen molar-refractivity contribution in [2.24, 2.45) is 0 Å². The fourth-order valence-electron chi connectivity index (χ4n) is 3.69. The van der Waals surface area contributed by atoms with Crippen molar-refractivity contribution in [1.82, 2.24) is 0 Å². The molecule has 0 bridgehead atoms. The van der Waals surface area contributed by atoms with Crippen molar-refractivity contribution in [3.05, 3.63) is 51.5 Å². The first-order chi connectivity index (χ1) is 16.4. The number of ether oxygens (including phenoxy) is 4. The zero-order valence-electron chi connectivity index (χ0n) is 19.6. The number of aromatic hydroxyl groups is 1. The first-order valence-electron chi connectivity index (χ1n) is 11.6. The molecule has 1 aliphatic rings. The summed E-state index contributed by atoms with van der Waals surface area (Å²) in [6.45, 7) is 4.84. The molecule has 1 heterocycles. The lowest BCUT2D eigenvalue weighted by molar-refractivity contribution is -0.131. The topological polar surface area (TPSA) is 91.3 Å². The van der Waals surface area contributed by atoms with Crippen LogP contribution in [0.15, 0.2) is 34.8 Å². The summed E-state index contributed by atoms with van der Waals surface area (Å²) in [5, 5.41) is 10.4. The van der Waals surface area contributed by atoms with Gasteiger partial charge in [-0.25, -0.2) is 4.79 Å². The van der Waals surface area contributed by atoms with Crippen LogP contribution in [0.5, 0.6) is 17.2 Å². The summed E-state index contributed by atoms with van der Waals surface area (Å²) in [5.74, 6) is 0.591. The minimum absolute atomic E-state index is 0.000645. The minimum atomic E-state index is -0.477. The normalized spacial score (nSPS) is 15.6.